The summed E-state index contributed by atoms with van der Waals surface area (Å²) < 4.78 is 0. The van der Waals surface area contributed by atoms with E-state index in [4.69, 9.17) is 0 Å². The monoisotopic (exact) mass is 170 g/mol. The fourth-order valence-electron chi connectivity index (χ4n) is 1.18. The topological polar surface area (TPSA) is 32.3 Å². The maximum atomic E-state index is 11.1. The number of nitrogens with zero attached hydrogens (tertiary/aromatic N) is 1. The predicted molar refractivity (Wildman–Crippen MR) is 50.5 cm³/mol. The van der Waals surface area contributed by atoms with Crippen LogP contribution in [0.1, 0.15) is 27.2 Å². The van der Waals surface area contributed by atoms with Crippen LogP contribution < -0.4 is 5.43 Å². The van der Waals surface area contributed by atoms with Crippen molar-refractivity contribution in [3.8, 4) is 0 Å². The van der Waals surface area contributed by atoms with Gasteiger partial charge in [-0.05, 0) is 20.3 Å². The van der Waals surface area contributed by atoms with Crippen LogP contribution in [0.4, 0.5) is 0 Å². The highest BCUT2D eigenvalue weighted by molar-refractivity contribution is 5.93. The lowest BCUT2D eigenvalue weighted by Crippen LogP contribution is -2.30. The van der Waals surface area contributed by atoms with Gasteiger partial charge in [-0.3, -0.25) is 4.79 Å². The molecule has 0 radical (unpaired) electrons. The molecule has 0 spiro atoms. The number of ketones is 1. The van der Waals surface area contributed by atoms with E-state index in [9.17, 15) is 4.79 Å². The Bertz CT molecular complexity index is 195. The molecule has 1 N–H and O–H groups in total. The van der Waals surface area contributed by atoms with Crippen LogP contribution in [0, 0.1) is 0 Å². The molecule has 0 amide bonds. The third-order valence-corrected chi connectivity index (χ3v) is 1.62. The lowest BCUT2D eigenvalue weighted by Gasteiger charge is -2.16. The third-order valence-electron chi connectivity index (χ3n) is 1.62. The van der Waals surface area contributed by atoms with E-state index in [1.165, 1.54) is 0 Å². The Morgan fingerprint density at radius 1 is 1.33 bits per heavy atom. The van der Waals surface area contributed by atoms with Gasteiger partial charge in [-0.2, -0.15) is 0 Å². The van der Waals surface area contributed by atoms with Crippen LogP contribution in [-0.4, -0.2) is 24.9 Å². The quantitative estimate of drug-likeness (QED) is 0.510. The zero-order valence-electron chi connectivity index (χ0n) is 8.56. The summed E-state index contributed by atoms with van der Waals surface area (Å²) in [5.74, 6) is 0.143. The van der Waals surface area contributed by atoms with Crippen LogP contribution >= 0.6 is 0 Å². The first-order valence-corrected chi connectivity index (χ1v) is 4.13. The maximum absolute atomic E-state index is 11.1. The largest absolute Gasteiger partial charge is 0.323 e. The highest BCUT2D eigenvalue weighted by atomic mass is 16.1. The molecule has 0 aromatic rings. The Kier molecular flexibility index (Phi) is 4.59. The van der Waals surface area contributed by atoms with Crippen molar-refractivity contribution >= 4 is 5.78 Å². The summed E-state index contributed by atoms with van der Waals surface area (Å²) in [6.07, 6.45) is 0.780. The molecule has 0 unspecified atom stereocenters. The van der Waals surface area contributed by atoms with E-state index in [2.05, 4.69) is 5.43 Å². The lowest BCUT2D eigenvalue weighted by atomic mass is 10.1. The number of hydrogen-bond acceptors (Lipinski definition) is 3. The molecule has 0 bridgehead atoms. The fourth-order valence-corrected chi connectivity index (χ4v) is 1.18. The van der Waals surface area contributed by atoms with Crippen LogP contribution in [0.15, 0.2) is 11.3 Å². The molecule has 70 valence electrons. The first-order chi connectivity index (χ1) is 5.49. The first kappa shape index (κ1) is 11.2. The number of Topliss-reactive ketones (excluding diaryl/α,β-unsaturated/α-hetero) is 1. The Hall–Kier alpha value is -0.830. The number of nitrogens with one attached hydrogen (secondary N) is 1. The summed E-state index contributed by atoms with van der Waals surface area (Å²) in [5.41, 5.74) is 4.87. The summed E-state index contributed by atoms with van der Waals surface area (Å²) in [6.45, 7) is 5.50. The second kappa shape index (κ2) is 4.93. The molecule has 12 heavy (non-hydrogen) atoms. The van der Waals surface area contributed by atoms with E-state index in [1.807, 2.05) is 33.0 Å². The number of rotatable bonds is 4. The molecule has 0 aliphatic rings. The minimum absolute atomic E-state index is 0.143. The van der Waals surface area contributed by atoms with Crippen molar-refractivity contribution in [3.63, 3.8) is 0 Å². The second-order valence-corrected chi connectivity index (χ2v) is 3.02. The van der Waals surface area contributed by atoms with Gasteiger partial charge in [0.05, 0.1) is 0 Å². The minimum Gasteiger partial charge on any atom is -0.323 e. The van der Waals surface area contributed by atoms with E-state index >= 15 is 0 Å². The highest BCUT2D eigenvalue weighted by Crippen LogP contribution is 2.06. The lowest BCUT2D eigenvalue weighted by molar-refractivity contribution is -0.113. The highest BCUT2D eigenvalue weighted by Gasteiger charge is 2.05. The molecule has 0 saturated carbocycles. The Balaban J connectivity index is 4.49. The molecular formula is C9H18N2O. The van der Waals surface area contributed by atoms with Gasteiger partial charge in [-0.25, -0.2) is 5.01 Å². The van der Waals surface area contributed by atoms with Gasteiger partial charge in [-0.1, -0.05) is 6.92 Å². The maximum Gasteiger partial charge on any atom is 0.157 e. The molecule has 0 aliphatic carbocycles. The SMILES string of the molecule is CCC(C(C)=O)=C(C)NN(C)C. The normalized spacial score (nSPS) is 12.8. The molecule has 0 aromatic carbocycles. The molecule has 0 atom stereocenters. The van der Waals surface area contributed by atoms with Crippen molar-refractivity contribution in [3.05, 3.63) is 11.3 Å². The number of hydrogen-bond donors (Lipinski definition) is 1. The zero-order valence-corrected chi connectivity index (χ0v) is 8.56. The van der Waals surface area contributed by atoms with Crippen LogP contribution in [0.25, 0.3) is 0 Å². The molecule has 3 heteroatoms. The van der Waals surface area contributed by atoms with Crippen LogP contribution in [0.2, 0.25) is 0 Å². The summed E-state index contributed by atoms with van der Waals surface area (Å²) in [4.78, 5) is 11.1. The third kappa shape index (κ3) is 3.53. The second-order valence-electron chi connectivity index (χ2n) is 3.02. The summed E-state index contributed by atoms with van der Waals surface area (Å²) in [7, 11) is 3.80. The van der Waals surface area contributed by atoms with Crippen molar-refractivity contribution in [2.75, 3.05) is 14.1 Å². The Morgan fingerprint density at radius 2 is 1.83 bits per heavy atom. The van der Waals surface area contributed by atoms with Gasteiger partial charge in [-0.15, -0.1) is 0 Å². The predicted octanol–water partition coefficient (Wildman–Crippen LogP) is 1.33. The first-order valence-electron chi connectivity index (χ1n) is 4.13. The standard InChI is InChI=1S/C9H18N2O/c1-6-9(8(3)12)7(2)10-11(4)5/h10H,6H2,1-5H3. The van der Waals surface area contributed by atoms with Gasteiger partial charge in [0.1, 0.15) is 0 Å². The fraction of sp³-hybridized carbons (Fsp3) is 0.667. The smallest absolute Gasteiger partial charge is 0.157 e. The number of allylic oxidation sites excluding steroid dienone is 2. The van der Waals surface area contributed by atoms with Crippen molar-refractivity contribution < 1.29 is 4.79 Å². The molecule has 0 fully saturated rings. The Morgan fingerprint density at radius 3 is 2.08 bits per heavy atom. The van der Waals surface area contributed by atoms with E-state index < -0.39 is 0 Å². The molecule has 0 aromatic heterocycles. The van der Waals surface area contributed by atoms with Gasteiger partial charge < -0.3 is 5.43 Å². The van der Waals surface area contributed by atoms with Crippen molar-refractivity contribution in [1.82, 2.24) is 10.4 Å². The van der Waals surface area contributed by atoms with Gasteiger partial charge in [0.25, 0.3) is 0 Å². The molecule has 0 saturated heterocycles. The van der Waals surface area contributed by atoms with Crippen molar-refractivity contribution in [1.29, 1.82) is 0 Å². The summed E-state index contributed by atoms with van der Waals surface area (Å²) in [6, 6.07) is 0. The van der Waals surface area contributed by atoms with E-state index in [1.54, 1.807) is 6.92 Å². The minimum atomic E-state index is 0.143. The van der Waals surface area contributed by atoms with E-state index in [-0.39, 0.29) is 5.78 Å². The zero-order chi connectivity index (χ0) is 9.72. The van der Waals surface area contributed by atoms with E-state index in [0.29, 0.717) is 0 Å². The molecule has 0 heterocycles. The van der Waals surface area contributed by atoms with Crippen LogP contribution in [-0.2, 0) is 4.79 Å². The number of carbonyl (C=O) groups excluding carboxylic acids is 1. The molecule has 0 rings (SSSR count). The van der Waals surface area contributed by atoms with Gasteiger partial charge in [0.15, 0.2) is 5.78 Å². The van der Waals surface area contributed by atoms with Crippen LogP contribution in [0.5, 0.6) is 0 Å². The average Bonchev–Trinajstić information content (AvgIpc) is 1.85. The molecule has 3 nitrogen and oxygen atoms in total. The average molecular weight is 170 g/mol. The van der Waals surface area contributed by atoms with Crippen molar-refractivity contribution in [2.24, 2.45) is 0 Å². The molecule has 0 aliphatic heterocycles. The van der Waals surface area contributed by atoms with Gasteiger partial charge in [0, 0.05) is 25.4 Å². The van der Waals surface area contributed by atoms with Gasteiger partial charge in [0.2, 0.25) is 0 Å². The molecular weight excluding hydrogens is 152 g/mol. The number of hydrazine groups is 1. The van der Waals surface area contributed by atoms with Gasteiger partial charge >= 0.3 is 0 Å². The number of carbonyl (C=O) groups is 1. The Labute approximate surface area is 74.4 Å². The van der Waals surface area contributed by atoms with E-state index in [0.717, 1.165) is 17.7 Å². The van der Waals surface area contributed by atoms with Crippen LogP contribution in [0.3, 0.4) is 0 Å². The summed E-state index contributed by atoms with van der Waals surface area (Å²) >= 11 is 0. The summed E-state index contributed by atoms with van der Waals surface area (Å²) in [5, 5.41) is 1.83. The van der Waals surface area contributed by atoms with Crippen molar-refractivity contribution in [2.45, 2.75) is 27.2 Å².